The molecule has 29 heavy (non-hydrogen) atoms. The highest BCUT2D eigenvalue weighted by molar-refractivity contribution is 5.73. The van der Waals surface area contributed by atoms with E-state index in [1.165, 1.54) is 27.7 Å². The maximum Gasteiger partial charge on any atom is 0.311 e. The molecule has 1 fully saturated rings. The average molecular weight is 421 g/mol. The van der Waals surface area contributed by atoms with E-state index in [1.807, 2.05) is 0 Å². The van der Waals surface area contributed by atoms with Crippen LogP contribution in [0.5, 0.6) is 0 Å². The van der Waals surface area contributed by atoms with Crippen molar-refractivity contribution in [2.75, 3.05) is 0 Å². The van der Waals surface area contributed by atoms with Crippen molar-refractivity contribution in [3.05, 3.63) is 0 Å². The molecule has 1 heterocycles. The van der Waals surface area contributed by atoms with Gasteiger partial charge in [-0.05, 0) is 39.5 Å². The van der Waals surface area contributed by atoms with Crippen LogP contribution in [-0.2, 0) is 9.53 Å². The van der Waals surface area contributed by atoms with Gasteiger partial charge in [0.1, 0.15) is 11.7 Å². The molecular formula is C21H40O8. The van der Waals surface area contributed by atoms with Crippen LogP contribution < -0.4 is 0 Å². The van der Waals surface area contributed by atoms with E-state index in [1.54, 1.807) is 20.8 Å². The summed E-state index contributed by atoms with van der Waals surface area (Å²) in [6.45, 7) is 10.7. The molecule has 8 heteroatoms. The molecule has 0 amide bonds. The van der Waals surface area contributed by atoms with Gasteiger partial charge in [0.15, 0.2) is 0 Å². The van der Waals surface area contributed by atoms with Crippen LogP contribution in [0.3, 0.4) is 0 Å². The number of hydrogen-bond acceptors (Lipinski definition) is 8. The van der Waals surface area contributed by atoms with Crippen molar-refractivity contribution in [1.29, 1.82) is 0 Å². The van der Waals surface area contributed by atoms with Crippen molar-refractivity contribution < 1.29 is 40.2 Å². The maximum absolute atomic E-state index is 12.6. The first-order valence-corrected chi connectivity index (χ1v) is 10.5. The Morgan fingerprint density at radius 1 is 0.931 bits per heavy atom. The molecule has 0 spiro atoms. The first-order valence-electron chi connectivity index (χ1n) is 10.5. The summed E-state index contributed by atoms with van der Waals surface area (Å²) in [5, 5.41) is 64.5. The summed E-state index contributed by atoms with van der Waals surface area (Å²) in [6.07, 6.45) is -6.06. The first kappa shape index (κ1) is 26.3. The predicted octanol–water partition coefficient (Wildman–Crippen LogP) is 0.202. The third kappa shape index (κ3) is 5.48. The number of aliphatic hydroxyl groups is 6. The van der Waals surface area contributed by atoms with Crippen LogP contribution in [0.15, 0.2) is 0 Å². The number of cyclic esters (lactones) is 1. The molecule has 1 rings (SSSR count). The summed E-state index contributed by atoms with van der Waals surface area (Å²) >= 11 is 0. The molecule has 0 bridgehead atoms. The number of rotatable bonds is 1. The van der Waals surface area contributed by atoms with Gasteiger partial charge in [0.2, 0.25) is 0 Å². The molecule has 0 aliphatic carbocycles. The predicted molar refractivity (Wildman–Crippen MR) is 107 cm³/mol. The standard InChI is InChI=1S/C21H40O8/c1-8-14-21(7,28)18(25)11(3)15(22)10(2)9-20(6,27)17(24)12(4)16(23)13(5)19(26)29-14/h10-18,22-25,27-28H,8-9H2,1-7H3/t10-,11+,12-,13-,14?,15+,16+,17-,18+,20-,21-/m1/s1. The Balaban J connectivity index is 3.40. The normalized spacial score (nSPS) is 51.2. The van der Waals surface area contributed by atoms with Gasteiger partial charge in [0, 0.05) is 11.8 Å². The van der Waals surface area contributed by atoms with Crippen molar-refractivity contribution in [2.24, 2.45) is 23.7 Å². The molecule has 0 radical (unpaired) electrons. The van der Waals surface area contributed by atoms with Gasteiger partial charge in [-0.1, -0.05) is 27.7 Å². The third-order valence-corrected chi connectivity index (χ3v) is 6.79. The number of ether oxygens (including phenoxy) is 1. The molecule has 1 saturated heterocycles. The van der Waals surface area contributed by atoms with Crippen LogP contribution >= 0.6 is 0 Å². The van der Waals surface area contributed by atoms with E-state index in [0.717, 1.165) is 0 Å². The fourth-order valence-corrected chi connectivity index (χ4v) is 4.53. The van der Waals surface area contributed by atoms with Gasteiger partial charge in [-0.3, -0.25) is 4.79 Å². The van der Waals surface area contributed by atoms with Crippen LogP contribution in [0.4, 0.5) is 0 Å². The number of aliphatic hydroxyl groups excluding tert-OH is 4. The second-order valence-electron chi connectivity index (χ2n) is 9.48. The van der Waals surface area contributed by atoms with E-state index in [2.05, 4.69) is 0 Å². The summed E-state index contributed by atoms with van der Waals surface area (Å²) in [6, 6.07) is 0. The maximum atomic E-state index is 12.6. The van der Waals surface area contributed by atoms with Gasteiger partial charge in [0.05, 0.1) is 35.9 Å². The average Bonchev–Trinajstić information content (AvgIpc) is 2.66. The van der Waals surface area contributed by atoms with Crippen LogP contribution in [0, 0.1) is 23.7 Å². The number of carbonyl (C=O) groups excluding carboxylic acids is 1. The lowest BCUT2D eigenvalue weighted by molar-refractivity contribution is -0.202. The van der Waals surface area contributed by atoms with Gasteiger partial charge in [-0.2, -0.15) is 0 Å². The Bertz CT molecular complexity index is 549. The molecule has 11 atom stereocenters. The highest BCUT2D eigenvalue weighted by atomic mass is 16.6. The lowest BCUT2D eigenvalue weighted by Crippen LogP contribution is -2.57. The lowest BCUT2D eigenvalue weighted by atomic mass is 9.73. The fourth-order valence-electron chi connectivity index (χ4n) is 4.53. The summed E-state index contributed by atoms with van der Waals surface area (Å²) < 4.78 is 5.42. The zero-order valence-corrected chi connectivity index (χ0v) is 18.6. The van der Waals surface area contributed by atoms with Crippen LogP contribution in [0.1, 0.15) is 61.3 Å². The number of carbonyl (C=O) groups is 1. The topological polar surface area (TPSA) is 148 Å². The minimum atomic E-state index is -1.84. The zero-order chi connectivity index (χ0) is 22.9. The zero-order valence-electron chi connectivity index (χ0n) is 18.6. The number of esters is 1. The summed E-state index contributed by atoms with van der Waals surface area (Å²) in [5.41, 5.74) is -3.50. The fraction of sp³-hybridized carbons (Fsp3) is 0.952. The monoisotopic (exact) mass is 420 g/mol. The summed E-state index contributed by atoms with van der Waals surface area (Å²) in [4.78, 5) is 12.6. The molecular weight excluding hydrogens is 380 g/mol. The van der Waals surface area contributed by atoms with Crippen LogP contribution in [-0.4, -0.2) is 78.3 Å². The SMILES string of the molecule is CCC1OC(=O)[C@H](C)[C@@H](O)[C@@H](C)[C@@H](O)[C@](C)(O)C[C@@H](C)[C@H](O)[C@H](C)[C@H](O)[C@]1(C)O. The Morgan fingerprint density at radius 3 is 1.90 bits per heavy atom. The minimum absolute atomic E-state index is 0.0123. The molecule has 1 aliphatic rings. The van der Waals surface area contributed by atoms with Crippen molar-refractivity contribution >= 4 is 5.97 Å². The van der Waals surface area contributed by atoms with E-state index in [9.17, 15) is 35.4 Å². The van der Waals surface area contributed by atoms with Gasteiger partial charge in [-0.25, -0.2) is 0 Å². The highest BCUT2D eigenvalue weighted by Gasteiger charge is 2.48. The van der Waals surface area contributed by atoms with E-state index in [0.29, 0.717) is 0 Å². The lowest BCUT2D eigenvalue weighted by Gasteiger charge is -2.43. The van der Waals surface area contributed by atoms with Crippen LogP contribution in [0.2, 0.25) is 0 Å². The quantitative estimate of drug-likeness (QED) is 0.330. The second kappa shape index (κ2) is 9.58. The third-order valence-electron chi connectivity index (χ3n) is 6.79. The molecule has 0 aromatic heterocycles. The Hall–Kier alpha value is -0.770. The van der Waals surface area contributed by atoms with E-state index in [4.69, 9.17) is 4.74 Å². The molecule has 0 aromatic carbocycles. The largest absolute Gasteiger partial charge is 0.459 e. The van der Waals surface area contributed by atoms with E-state index in [-0.39, 0.29) is 12.8 Å². The molecule has 0 aromatic rings. The van der Waals surface area contributed by atoms with E-state index >= 15 is 0 Å². The molecule has 6 N–H and O–H groups in total. The van der Waals surface area contributed by atoms with Crippen molar-refractivity contribution in [2.45, 2.75) is 103 Å². The minimum Gasteiger partial charge on any atom is -0.459 e. The van der Waals surface area contributed by atoms with Gasteiger partial charge in [-0.15, -0.1) is 0 Å². The van der Waals surface area contributed by atoms with Gasteiger partial charge in [0.25, 0.3) is 0 Å². The first-order chi connectivity index (χ1) is 13.1. The molecule has 8 nitrogen and oxygen atoms in total. The number of hydrogen-bond donors (Lipinski definition) is 6. The van der Waals surface area contributed by atoms with Crippen molar-refractivity contribution in [3.63, 3.8) is 0 Å². The van der Waals surface area contributed by atoms with Crippen molar-refractivity contribution in [1.82, 2.24) is 0 Å². The Kier molecular flexibility index (Phi) is 8.67. The molecule has 172 valence electrons. The van der Waals surface area contributed by atoms with Crippen molar-refractivity contribution in [3.8, 4) is 0 Å². The van der Waals surface area contributed by atoms with Gasteiger partial charge >= 0.3 is 5.97 Å². The molecule has 0 saturated carbocycles. The molecule has 1 aliphatic heterocycles. The Morgan fingerprint density at radius 2 is 1.41 bits per heavy atom. The van der Waals surface area contributed by atoms with Gasteiger partial charge < -0.3 is 35.4 Å². The molecule has 1 unspecified atom stereocenters. The Labute approximate surface area is 173 Å². The highest BCUT2D eigenvalue weighted by Crippen LogP contribution is 2.35. The summed E-state index contributed by atoms with van der Waals surface area (Å²) in [5.74, 6) is -4.00. The smallest absolute Gasteiger partial charge is 0.311 e. The van der Waals surface area contributed by atoms with E-state index < -0.39 is 71.4 Å². The summed E-state index contributed by atoms with van der Waals surface area (Å²) in [7, 11) is 0. The van der Waals surface area contributed by atoms with Crippen LogP contribution in [0.25, 0.3) is 0 Å². The second-order valence-corrected chi connectivity index (χ2v) is 9.48.